The molecule has 5 rings (SSSR count). The average Bonchev–Trinajstić information content (AvgIpc) is 3.45. The van der Waals surface area contributed by atoms with Crippen molar-refractivity contribution in [3.05, 3.63) is 58.1 Å². The van der Waals surface area contributed by atoms with Crippen molar-refractivity contribution in [1.29, 1.82) is 0 Å². The number of fused-ring (bicyclic) bond motifs is 2. The van der Waals surface area contributed by atoms with Gasteiger partial charge in [-0.3, -0.25) is 19.3 Å². The summed E-state index contributed by atoms with van der Waals surface area (Å²) in [5.41, 5.74) is 1.49. The Morgan fingerprint density at radius 3 is 2.97 bits per heavy atom. The van der Waals surface area contributed by atoms with Gasteiger partial charge >= 0.3 is 0 Å². The van der Waals surface area contributed by atoms with E-state index < -0.39 is 0 Å². The molecule has 3 aromatic heterocycles. The molecule has 0 fully saturated rings. The molecule has 4 heterocycles. The van der Waals surface area contributed by atoms with E-state index in [-0.39, 0.29) is 24.2 Å². The molecule has 11 nitrogen and oxygen atoms in total. The third-order valence-electron chi connectivity index (χ3n) is 4.70. The van der Waals surface area contributed by atoms with Crippen molar-refractivity contribution >= 4 is 28.8 Å². The number of aryl methyl sites for hydroxylation is 2. The van der Waals surface area contributed by atoms with E-state index in [9.17, 15) is 9.59 Å². The summed E-state index contributed by atoms with van der Waals surface area (Å²) < 4.78 is 13.5. The maximum absolute atomic E-state index is 12.5. The van der Waals surface area contributed by atoms with Gasteiger partial charge in [0.25, 0.3) is 5.56 Å². The second kappa shape index (κ2) is 7.13. The highest BCUT2D eigenvalue weighted by Gasteiger charge is 2.15. The van der Waals surface area contributed by atoms with Crippen molar-refractivity contribution < 1.29 is 14.3 Å². The fraction of sp³-hybridized carbons (Fsp3) is 0.150. The van der Waals surface area contributed by atoms with E-state index in [4.69, 9.17) is 9.47 Å². The number of nitrogens with one attached hydrogen (secondary N) is 2. The molecule has 1 aliphatic heterocycles. The lowest BCUT2D eigenvalue weighted by atomic mass is 10.2. The molecule has 0 atom stereocenters. The van der Waals surface area contributed by atoms with Crippen molar-refractivity contribution in [2.75, 3.05) is 12.1 Å². The van der Waals surface area contributed by atoms with Crippen molar-refractivity contribution in [3.8, 4) is 17.4 Å². The molecule has 0 radical (unpaired) electrons. The molecule has 0 aliphatic carbocycles. The smallest absolute Gasteiger partial charge is 0.263 e. The molecule has 11 heteroatoms. The van der Waals surface area contributed by atoms with Gasteiger partial charge in [-0.2, -0.15) is 19.9 Å². The van der Waals surface area contributed by atoms with E-state index in [2.05, 4.69) is 25.5 Å². The van der Waals surface area contributed by atoms with Gasteiger partial charge in [-0.05, 0) is 30.7 Å². The van der Waals surface area contributed by atoms with Crippen molar-refractivity contribution in [1.82, 2.24) is 29.5 Å². The zero-order chi connectivity index (χ0) is 21.5. The second-order valence-electron chi connectivity index (χ2n) is 6.91. The van der Waals surface area contributed by atoms with Gasteiger partial charge in [0.05, 0.1) is 11.9 Å². The van der Waals surface area contributed by atoms with Gasteiger partial charge < -0.3 is 14.8 Å². The van der Waals surface area contributed by atoms with Crippen LogP contribution in [0.25, 0.3) is 23.1 Å². The van der Waals surface area contributed by atoms with Gasteiger partial charge in [0.1, 0.15) is 11.2 Å². The van der Waals surface area contributed by atoms with Crippen LogP contribution < -0.4 is 20.3 Å². The van der Waals surface area contributed by atoms with Crippen LogP contribution in [0.3, 0.4) is 0 Å². The Morgan fingerprint density at radius 1 is 1.26 bits per heavy atom. The number of rotatable bonds is 4. The van der Waals surface area contributed by atoms with Crippen molar-refractivity contribution in [2.24, 2.45) is 7.05 Å². The minimum absolute atomic E-state index is 0.171. The summed E-state index contributed by atoms with van der Waals surface area (Å²) in [6.07, 6.45) is 4.50. The molecule has 1 aromatic carbocycles. The first-order chi connectivity index (χ1) is 15.0. The Labute approximate surface area is 174 Å². The van der Waals surface area contributed by atoms with E-state index in [0.717, 1.165) is 5.56 Å². The number of carbonyl (C=O) groups is 1. The summed E-state index contributed by atoms with van der Waals surface area (Å²) in [6, 6.07) is 7.08. The van der Waals surface area contributed by atoms with E-state index in [1.54, 1.807) is 38.2 Å². The van der Waals surface area contributed by atoms with Crippen LogP contribution in [-0.4, -0.2) is 42.2 Å². The minimum Gasteiger partial charge on any atom is -0.454 e. The molecule has 31 heavy (non-hydrogen) atoms. The summed E-state index contributed by atoms with van der Waals surface area (Å²) in [6.45, 7) is 1.96. The fourth-order valence-electron chi connectivity index (χ4n) is 3.23. The normalized spacial score (nSPS) is 12.7. The maximum atomic E-state index is 12.5. The number of carbonyl (C=O) groups excluding carboxylic acids is 1. The quantitative estimate of drug-likeness (QED) is 0.480. The number of aromatic nitrogens is 6. The first kappa shape index (κ1) is 18.6. The van der Waals surface area contributed by atoms with Crippen molar-refractivity contribution in [3.63, 3.8) is 0 Å². The molecule has 4 aromatic rings. The number of hydrogen-bond acceptors (Lipinski definition) is 7. The predicted octanol–water partition coefficient (Wildman–Crippen LogP) is 1.53. The molecule has 0 saturated heterocycles. The number of H-pyrrole nitrogens is 1. The van der Waals surface area contributed by atoms with E-state index >= 15 is 0 Å². The topological polar surface area (TPSA) is 129 Å². The third-order valence-corrected chi connectivity index (χ3v) is 4.70. The van der Waals surface area contributed by atoms with Crippen LogP contribution in [0.5, 0.6) is 11.5 Å². The minimum atomic E-state index is -0.372. The molecule has 2 N–H and O–H groups in total. The number of aromatic amines is 1. The van der Waals surface area contributed by atoms with Crippen molar-refractivity contribution in [2.45, 2.75) is 6.92 Å². The number of nitrogens with zero attached hydrogens (tertiary/aromatic N) is 5. The van der Waals surface area contributed by atoms with Gasteiger partial charge in [-0.1, -0.05) is 6.07 Å². The van der Waals surface area contributed by atoms with E-state index in [1.807, 2.05) is 6.07 Å². The highest BCUT2D eigenvalue weighted by molar-refractivity contribution is 6.01. The molecular formula is C20H17N7O4. The van der Waals surface area contributed by atoms with Gasteiger partial charge in [0.15, 0.2) is 17.1 Å². The molecule has 1 amide bonds. The van der Waals surface area contributed by atoms with Crippen LogP contribution >= 0.6 is 0 Å². The molecule has 0 spiro atoms. The van der Waals surface area contributed by atoms with Crippen LogP contribution in [-0.2, 0) is 11.8 Å². The first-order valence-corrected chi connectivity index (χ1v) is 9.36. The Morgan fingerprint density at radius 2 is 2.10 bits per heavy atom. The third kappa shape index (κ3) is 3.41. The Hall–Kier alpha value is -4.41. The number of anilines is 1. The second-order valence-corrected chi connectivity index (χ2v) is 6.91. The van der Waals surface area contributed by atoms with Crippen LogP contribution in [0.1, 0.15) is 11.3 Å². The van der Waals surface area contributed by atoms with Gasteiger partial charge in [0.2, 0.25) is 18.6 Å². The lowest BCUT2D eigenvalue weighted by molar-refractivity contribution is -0.111. The van der Waals surface area contributed by atoms with Gasteiger partial charge in [0, 0.05) is 19.2 Å². The highest BCUT2D eigenvalue weighted by atomic mass is 16.7. The summed E-state index contributed by atoms with van der Waals surface area (Å²) in [4.78, 5) is 32.0. The Kier molecular flexibility index (Phi) is 4.28. The lowest BCUT2D eigenvalue weighted by Crippen LogP contribution is -2.18. The van der Waals surface area contributed by atoms with Gasteiger partial charge in [-0.25, -0.2) is 0 Å². The molecule has 0 unspecified atom stereocenters. The zero-order valence-electron chi connectivity index (χ0n) is 16.6. The Balaban J connectivity index is 1.41. The average molecular weight is 419 g/mol. The standard InChI is InChI=1S/C20H17N7O4/c1-11-7-16(22-17(28)6-4-12-3-5-14-15(8-12)31-10-30-14)27(25-11)20-23-18-13(19(29)24-20)9-21-26(18)2/h3-9H,10H2,1-2H3,(H,22,28)(H,23,24,29)/b6-4-. The lowest BCUT2D eigenvalue weighted by Gasteiger charge is -2.07. The zero-order valence-corrected chi connectivity index (χ0v) is 16.6. The van der Waals surface area contributed by atoms with Crippen LogP contribution in [0.2, 0.25) is 0 Å². The molecular weight excluding hydrogens is 402 g/mol. The first-order valence-electron chi connectivity index (χ1n) is 9.36. The highest BCUT2D eigenvalue weighted by Crippen LogP contribution is 2.32. The predicted molar refractivity (Wildman–Crippen MR) is 111 cm³/mol. The van der Waals surface area contributed by atoms with Crippen LogP contribution in [0.4, 0.5) is 5.82 Å². The SMILES string of the molecule is Cc1cc(NC(=O)/C=C\c2ccc3c(c2)OCO3)n(-c2nc3c(cnn3C)c(=O)[nH]2)n1. The number of hydrogen-bond donors (Lipinski definition) is 2. The Bertz CT molecular complexity index is 1410. The van der Waals surface area contributed by atoms with Gasteiger partial charge in [-0.15, -0.1) is 0 Å². The maximum Gasteiger partial charge on any atom is 0.263 e. The molecule has 156 valence electrons. The molecule has 0 bridgehead atoms. The number of ether oxygens (including phenoxy) is 2. The number of benzene rings is 1. The van der Waals surface area contributed by atoms with E-state index in [0.29, 0.717) is 34.0 Å². The molecule has 1 aliphatic rings. The fourth-order valence-corrected chi connectivity index (χ4v) is 3.23. The largest absolute Gasteiger partial charge is 0.454 e. The van der Waals surface area contributed by atoms with Crippen LogP contribution in [0.15, 0.2) is 41.3 Å². The monoisotopic (exact) mass is 419 g/mol. The summed E-state index contributed by atoms with van der Waals surface area (Å²) in [5.74, 6) is 1.47. The summed E-state index contributed by atoms with van der Waals surface area (Å²) in [5, 5.41) is 11.5. The van der Waals surface area contributed by atoms with Crippen LogP contribution in [0, 0.1) is 6.92 Å². The number of amides is 1. The molecule has 0 saturated carbocycles. The summed E-state index contributed by atoms with van der Waals surface area (Å²) in [7, 11) is 1.69. The van der Waals surface area contributed by atoms with E-state index in [1.165, 1.54) is 21.6 Å². The summed E-state index contributed by atoms with van der Waals surface area (Å²) >= 11 is 0.